The minimum Gasteiger partial charge on any atom is -0.388 e. The van der Waals surface area contributed by atoms with Gasteiger partial charge in [0, 0.05) is 0 Å². The number of nitrogens with two attached hydrogens (primary N) is 1. The number of hydrogen-bond donors (Lipinski definition) is 2. The molecule has 0 radical (unpaired) electrons. The highest BCUT2D eigenvalue weighted by Gasteiger charge is 2.29. The third kappa shape index (κ3) is 1.45. The Balaban J connectivity index is 2.40. The molecule has 2 atom stereocenters. The molecule has 76 valence electrons. The van der Waals surface area contributed by atoms with Gasteiger partial charge in [-0.3, -0.25) is 0 Å². The lowest BCUT2D eigenvalue weighted by molar-refractivity contribution is 0.172. The van der Waals surface area contributed by atoms with Crippen LogP contribution >= 0.6 is 0 Å². The summed E-state index contributed by atoms with van der Waals surface area (Å²) in [7, 11) is 0. The average Bonchev–Trinajstić information content (AvgIpc) is 2.46. The fraction of sp³-hybridized carbons (Fsp3) is 0.500. The lowest BCUT2D eigenvalue weighted by Gasteiger charge is -2.11. The molecular weight excluding hydrogens is 174 g/mol. The molecule has 14 heavy (non-hydrogen) atoms. The molecule has 2 heteroatoms. The standard InChI is InChI=1S/C12H17NO/c1-8-3-2-4-10-11(14)7-9(5-6-13)12(8)10/h2-4,9,11,14H,5-7,13H2,1H3. The maximum Gasteiger partial charge on any atom is 0.0798 e. The van der Waals surface area contributed by atoms with E-state index in [9.17, 15) is 5.11 Å². The van der Waals surface area contributed by atoms with Crippen molar-refractivity contribution in [3.63, 3.8) is 0 Å². The number of benzene rings is 1. The van der Waals surface area contributed by atoms with Gasteiger partial charge >= 0.3 is 0 Å². The Morgan fingerprint density at radius 2 is 2.29 bits per heavy atom. The van der Waals surface area contributed by atoms with Crippen molar-refractivity contribution in [1.29, 1.82) is 0 Å². The molecule has 1 aliphatic rings. The van der Waals surface area contributed by atoms with Crippen LogP contribution < -0.4 is 5.73 Å². The van der Waals surface area contributed by atoms with Crippen molar-refractivity contribution < 1.29 is 5.11 Å². The molecule has 0 heterocycles. The van der Waals surface area contributed by atoms with E-state index < -0.39 is 0 Å². The minimum absolute atomic E-state index is 0.276. The zero-order valence-corrected chi connectivity index (χ0v) is 8.53. The molecule has 1 aromatic carbocycles. The normalized spacial score (nSPS) is 25.1. The second kappa shape index (κ2) is 3.71. The number of rotatable bonds is 2. The summed E-state index contributed by atoms with van der Waals surface area (Å²) < 4.78 is 0. The lowest BCUT2D eigenvalue weighted by atomic mass is 9.94. The van der Waals surface area contributed by atoms with Crippen LogP contribution in [0.5, 0.6) is 0 Å². The summed E-state index contributed by atoms with van der Waals surface area (Å²) in [4.78, 5) is 0. The highest BCUT2D eigenvalue weighted by molar-refractivity contribution is 5.42. The molecule has 0 amide bonds. The van der Waals surface area contributed by atoms with Crippen molar-refractivity contribution in [2.75, 3.05) is 6.54 Å². The van der Waals surface area contributed by atoms with Crippen LogP contribution in [0.15, 0.2) is 18.2 Å². The number of fused-ring (bicyclic) bond motifs is 1. The quantitative estimate of drug-likeness (QED) is 0.749. The number of aliphatic hydroxyl groups excluding tert-OH is 1. The van der Waals surface area contributed by atoms with E-state index in [0.29, 0.717) is 12.5 Å². The van der Waals surface area contributed by atoms with Crippen molar-refractivity contribution in [1.82, 2.24) is 0 Å². The van der Waals surface area contributed by atoms with Crippen LogP contribution in [0.25, 0.3) is 0 Å². The van der Waals surface area contributed by atoms with E-state index in [4.69, 9.17) is 5.73 Å². The van der Waals surface area contributed by atoms with Crippen LogP contribution in [-0.4, -0.2) is 11.7 Å². The fourth-order valence-electron chi connectivity index (χ4n) is 2.53. The van der Waals surface area contributed by atoms with Crippen molar-refractivity contribution in [2.45, 2.75) is 31.8 Å². The Morgan fingerprint density at radius 1 is 1.50 bits per heavy atom. The Kier molecular flexibility index (Phi) is 2.57. The van der Waals surface area contributed by atoms with Crippen molar-refractivity contribution in [3.05, 3.63) is 34.9 Å². The van der Waals surface area contributed by atoms with Gasteiger partial charge in [0.05, 0.1) is 6.10 Å². The molecule has 0 saturated heterocycles. The SMILES string of the molecule is Cc1cccc2c1C(CCN)CC2O. The van der Waals surface area contributed by atoms with Gasteiger partial charge in [-0.05, 0) is 48.9 Å². The average molecular weight is 191 g/mol. The molecular formula is C12H17NO. The zero-order valence-electron chi connectivity index (χ0n) is 8.53. The van der Waals surface area contributed by atoms with Crippen molar-refractivity contribution >= 4 is 0 Å². The van der Waals surface area contributed by atoms with Crippen molar-refractivity contribution in [2.24, 2.45) is 5.73 Å². The van der Waals surface area contributed by atoms with Gasteiger partial charge in [0.15, 0.2) is 0 Å². The Morgan fingerprint density at radius 3 is 3.00 bits per heavy atom. The second-order valence-corrected chi connectivity index (χ2v) is 4.10. The van der Waals surface area contributed by atoms with Crippen LogP contribution in [0.3, 0.4) is 0 Å². The van der Waals surface area contributed by atoms with E-state index in [1.54, 1.807) is 0 Å². The van der Waals surface area contributed by atoms with Gasteiger partial charge in [-0.25, -0.2) is 0 Å². The van der Waals surface area contributed by atoms with E-state index in [-0.39, 0.29) is 6.10 Å². The van der Waals surface area contributed by atoms with Crippen molar-refractivity contribution in [3.8, 4) is 0 Å². The number of hydrogen-bond acceptors (Lipinski definition) is 2. The number of aryl methyl sites for hydroxylation is 1. The van der Waals surface area contributed by atoms with Crippen LogP contribution in [0.4, 0.5) is 0 Å². The highest BCUT2D eigenvalue weighted by atomic mass is 16.3. The molecule has 0 saturated carbocycles. The Labute approximate surface area is 84.7 Å². The smallest absolute Gasteiger partial charge is 0.0798 e. The van der Waals surface area contributed by atoms with E-state index in [0.717, 1.165) is 18.4 Å². The maximum absolute atomic E-state index is 9.86. The third-order valence-corrected chi connectivity index (χ3v) is 3.15. The summed E-state index contributed by atoms with van der Waals surface area (Å²) >= 11 is 0. The molecule has 3 N–H and O–H groups in total. The molecule has 0 fully saturated rings. The molecule has 0 aliphatic heterocycles. The van der Waals surface area contributed by atoms with Crippen LogP contribution in [0, 0.1) is 6.92 Å². The second-order valence-electron chi connectivity index (χ2n) is 4.10. The van der Waals surface area contributed by atoms with E-state index in [1.807, 2.05) is 12.1 Å². The molecule has 0 spiro atoms. The summed E-state index contributed by atoms with van der Waals surface area (Å²) in [5.41, 5.74) is 9.32. The van der Waals surface area contributed by atoms with Gasteiger partial charge in [-0.2, -0.15) is 0 Å². The van der Waals surface area contributed by atoms with E-state index in [2.05, 4.69) is 13.0 Å². The van der Waals surface area contributed by atoms with Crippen LogP contribution in [0.2, 0.25) is 0 Å². The first-order valence-corrected chi connectivity index (χ1v) is 5.21. The summed E-state index contributed by atoms with van der Waals surface area (Å²) in [6, 6.07) is 6.16. The van der Waals surface area contributed by atoms with Gasteiger partial charge in [0.25, 0.3) is 0 Å². The zero-order chi connectivity index (χ0) is 10.1. The fourth-order valence-corrected chi connectivity index (χ4v) is 2.53. The summed E-state index contributed by atoms with van der Waals surface area (Å²) in [5.74, 6) is 0.464. The molecule has 2 rings (SSSR count). The molecule has 1 aromatic rings. The Hall–Kier alpha value is -0.860. The number of aliphatic hydroxyl groups is 1. The molecule has 2 nitrogen and oxygen atoms in total. The molecule has 0 bridgehead atoms. The first kappa shape index (κ1) is 9.69. The van der Waals surface area contributed by atoms with Gasteiger partial charge in [0.2, 0.25) is 0 Å². The van der Waals surface area contributed by atoms with Gasteiger partial charge in [-0.1, -0.05) is 18.2 Å². The maximum atomic E-state index is 9.86. The molecule has 1 aliphatic carbocycles. The largest absolute Gasteiger partial charge is 0.388 e. The molecule has 0 aromatic heterocycles. The lowest BCUT2D eigenvalue weighted by Crippen LogP contribution is -2.05. The summed E-state index contributed by atoms with van der Waals surface area (Å²) in [6.45, 7) is 2.81. The first-order valence-electron chi connectivity index (χ1n) is 5.21. The van der Waals surface area contributed by atoms with Crippen LogP contribution in [0.1, 0.15) is 41.6 Å². The van der Waals surface area contributed by atoms with Gasteiger partial charge < -0.3 is 10.8 Å². The predicted octanol–water partition coefficient (Wildman–Crippen LogP) is 1.86. The predicted molar refractivity (Wildman–Crippen MR) is 57.2 cm³/mol. The van der Waals surface area contributed by atoms with Gasteiger partial charge in [-0.15, -0.1) is 0 Å². The van der Waals surface area contributed by atoms with E-state index in [1.165, 1.54) is 11.1 Å². The van der Waals surface area contributed by atoms with Gasteiger partial charge in [0.1, 0.15) is 0 Å². The van der Waals surface area contributed by atoms with Crippen LogP contribution in [-0.2, 0) is 0 Å². The highest BCUT2D eigenvalue weighted by Crippen LogP contribution is 2.43. The summed E-state index contributed by atoms with van der Waals surface area (Å²) in [5, 5.41) is 9.86. The van der Waals surface area contributed by atoms with E-state index >= 15 is 0 Å². The Bertz CT molecular complexity index is 335. The minimum atomic E-state index is -0.276. The first-order chi connectivity index (χ1) is 6.74. The monoisotopic (exact) mass is 191 g/mol. The third-order valence-electron chi connectivity index (χ3n) is 3.15. The molecule has 2 unspecified atom stereocenters. The summed E-state index contributed by atoms with van der Waals surface area (Å²) in [6.07, 6.45) is 1.55. The topological polar surface area (TPSA) is 46.2 Å².